The van der Waals surface area contributed by atoms with Crippen molar-refractivity contribution in [3.8, 4) is 11.4 Å². The molecular weight excluding hydrogens is 528 g/mol. The van der Waals surface area contributed by atoms with E-state index in [9.17, 15) is 4.79 Å². The van der Waals surface area contributed by atoms with Crippen LogP contribution in [-0.4, -0.2) is 22.6 Å². The van der Waals surface area contributed by atoms with Crippen LogP contribution in [0.2, 0.25) is 0 Å². The number of aryl methyl sites for hydroxylation is 1. The molecule has 0 radical (unpaired) electrons. The molecule has 1 heterocycles. The predicted octanol–water partition coefficient (Wildman–Crippen LogP) is 9.01. The quantitative estimate of drug-likeness (QED) is 0.189. The zero-order valence-electron chi connectivity index (χ0n) is 25.5. The Balaban J connectivity index is 1.30. The normalized spacial score (nSPS) is 24.1. The van der Waals surface area contributed by atoms with Gasteiger partial charge in [-0.15, -0.1) is 0 Å². The van der Waals surface area contributed by atoms with E-state index in [-0.39, 0.29) is 5.97 Å². The maximum Gasteiger partial charge on any atom is 0.337 e. The first kappa shape index (κ1) is 27.9. The third-order valence-corrected chi connectivity index (χ3v) is 10.5. The Morgan fingerprint density at radius 1 is 0.907 bits per heavy atom. The van der Waals surface area contributed by atoms with Crippen molar-refractivity contribution in [3.63, 3.8) is 0 Å². The summed E-state index contributed by atoms with van der Waals surface area (Å²) in [4.78, 5) is 17.6. The minimum absolute atomic E-state index is 0.319. The standard InChI is InChI=1S/C39H42N2O2/c1-27-9-6-7-14-34(27)37-40-35(16-15-28-12-8-13-33(22-28)38(42)43-2)36(41(37)26-29-10-4-3-5-11-29)17-18-39-23-30-19-31(24-39)21-32(20-30)25-39/h3-16,22,30-32H,17-21,23-26H2,1-2H3/b16-15+. The molecule has 4 fully saturated rings. The van der Waals surface area contributed by atoms with E-state index >= 15 is 0 Å². The zero-order valence-corrected chi connectivity index (χ0v) is 25.5. The van der Waals surface area contributed by atoms with Crippen LogP contribution in [0.4, 0.5) is 0 Å². The monoisotopic (exact) mass is 570 g/mol. The van der Waals surface area contributed by atoms with Gasteiger partial charge in [-0.1, -0.05) is 72.8 Å². The van der Waals surface area contributed by atoms with Gasteiger partial charge in [-0.05, 0) is 116 Å². The number of methoxy groups -OCH3 is 1. The second-order valence-electron chi connectivity index (χ2n) is 13.5. The molecule has 8 rings (SSSR count). The van der Waals surface area contributed by atoms with Crippen molar-refractivity contribution in [3.05, 3.63) is 113 Å². The van der Waals surface area contributed by atoms with Gasteiger partial charge in [0.15, 0.2) is 0 Å². The van der Waals surface area contributed by atoms with Gasteiger partial charge in [0.25, 0.3) is 0 Å². The van der Waals surface area contributed by atoms with Crippen LogP contribution in [0.25, 0.3) is 23.5 Å². The van der Waals surface area contributed by atoms with Crippen molar-refractivity contribution in [1.82, 2.24) is 9.55 Å². The summed E-state index contributed by atoms with van der Waals surface area (Å²) in [6.45, 7) is 2.97. The van der Waals surface area contributed by atoms with Gasteiger partial charge in [0.1, 0.15) is 5.82 Å². The van der Waals surface area contributed by atoms with Crippen molar-refractivity contribution in [1.29, 1.82) is 0 Å². The second-order valence-corrected chi connectivity index (χ2v) is 13.5. The summed E-state index contributed by atoms with van der Waals surface area (Å²) in [5, 5.41) is 0. The van der Waals surface area contributed by atoms with E-state index < -0.39 is 0 Å². The lowest BCUT2D eigenvalue weighted by atomic mass is 9.48. The number of rotatable bonds is 9. The Hall–Kier alpha value is -3.92. The van der Waals surface area contributed by atoms with Gasteiger partial charge in [-0.2, -0.15) is 0 Å². The van der Waals surface area contributed by atoms with E-state index in [0.717, 1.165) is 47.8 Å². The Morgan fingerprint density at radius 3 is 2.30 bits per heavy atom. The Morgan fingerprint density at radius 2 is 1.60 bits per heavy atom. The largest absolute Gasteiger partial charge is 0.465 e. The number of aromatic nitrogens is 2. The van der Waals surface area contributed by atoms with Crippen LogP contribution < -0.4 is 0 Å². The number of nitrogens with zero attached hydrogens (tertiary/aromatic N) is 2. The van der Waals surface area contributed by atoms with E-state index in [0.29, 0.717) is 11.0 Å². The van der Waals surface area contributed by atoms with Crippen LogP contribution in [0.3, 0.4) is 0 Å². The van der Waals surface area contributed by atoms with E-state index in [1.54, 1.807) is 6.07 Å². The minimum Gasteiger partial charge on any atom is -0.465 e. The van der Waals surface area contributed by atoms with Gasteiger partial charge >= 0.3 is 5.97 Å². The lowest BCUT2D eigenvalue weighted by Crippen LogP contribution is -2.46. The van der Waals surface area contributed by atoms with Crippen LogP contribution in [0.1, 0.15) is 83.4 Å². The highest BCUT2D eigenvalue weighted by atomic mass is 16.5. The number of carbonyl (C=O) groups is 1. The molecular formula is C39H42N2O2. The van der Waals surface area contributed by atoms with Gasteiger partial charge < -0.3 is 9.30 Å². The van der Waals surface area contributed by atoms with Crippen molar-refractivity contribution >= 4 is 18.1 Å². The molecule has 4 aromatic rings. The molecule has 4 nitrogen and oxygen atoms in total. The van der Waals surface area contributed by atoms with Gasteiger partial charge in [-0.25, -0.2) is 9.78 Å². The maximum atomic E-state index is 12.2. The van der Waals surface area contributed by atoms with E-state index in [4.69, 9.17) is 9.72 Å². The lowest BCUT2D eigenvalue weighted by Gasteiger charge is -2.57. The lowest BCUT2D eigenvalue weighted by molar-refractivity contribution is -0.0571. The molecule has 0 saturated heterocycles. The highest BCUT2D eigenvalue weighted by molar-refractivity contribution is 5.90. The average molecular weight is 571 g/mol. The molecule has 4 aliphatic rings. The molecule has 1 aromatic heterocycles. The third-order valence-electron chi connectivity index (χ3n) is 10.5. The van der Waals surface area contributed by atoms with E-state index in [1.807, 2.05) is 18.2 Å². The number of benzene rings is 3. The van der Waals surface area contributed by atoms with E-state index in [2.05, 4.69) is 78.2 Å². The van der Waals surface area contributed by atoms with Crippen LogP contribution >= 0.6 is 0 Å². The first-order chi connectivity index (χ1) is 21.0. The molecule has 4 heteroatoms. The number of esters is 1. The number of hydrogen-bond donors (Lipinski definition) is 0. The summed E-state index contributed by atoms with van der Waals surface area (Å²) < 4.78 is 7.45. The smallest absolute Gasteiger partial charge is 0.337 e. The molecule has 4 saturated carbocycles. The molecule has 4 bridgehead atoms. The molecule has 4 aliphatic carbocycles. The molecule has 43 heavy (non-hydrogen) atoms. The van der Waals surface area contributed by atoms with Crippen molar-refractivity contribution in [2.24, 2.45) is 23.2 Å². The first-order valence-corrected chi connectivity index (χ1v) is 16.0. The molecule has 220 valence electrons. The SMILES string of the molecule is COC(=O)c1cccc(/C=C/c2nc(-c3ccccc3C)n(Cc3ccccc3)c2CCC23CC4CC(CC(C4)C2)C3)c1. The Labute approximate surface area is 255 Å². The average Bonchev–Trinajstić information content (AvgIpc) is 3.35. The predicted molar refractivity (Wildman–Crippen MR) is 174 cm³/mol. The summed E-state index contributed by atoms with van der Waals surface area (Å²) in [7, 11) is 1.42. The Kier molecular flexibility index (Phi) is 7.55. The molecule has 0 atom stereocenters. The molecule has 3 aromatic carbocycles. The third kappa shape index (κ3) is 5.72. The van der Waals surface area contributed by atoms with Crippen molar-refractivity contribution in [2.75, 3.05) is 7.11 Å². The highest BCUT2D eigenvalue weighted by Gasteiger charge is 2.50. The number of ether oxygens (including phenoxy) is 1. The molecule has 0 unspecified atom stereocenters. The van der Waals surface area contributed by atoms with Crippen molar-refractivity contribution < 1.29 is 9.53 Å². The maximum absolute atomic E-state index is 12.2. The number of carbonyl (C=O) groups excluding carboxylic acids is 1. The van der Waals surface area contributed by atoms with Gasteiger partial charge in [0.05, 0.1) is 18.4 Å². The summed E-state index contributed by atoms with van der Waals surface area (Å²) in [5.41, 5.74) is 8.06. The molecule has 0 N–H and O–H groups in total. The van der Waals surface area contributed by atoms with Crippen LogP contribution in [-0.2, 0) is 17.7 Å². The summed E-state index contributed by atoms with van der Waals surface area (Å²) >= 11 is 0. The number of imidazole rings is 1. The fourth-order valence-electron chi connectivity index (χ4n) is 8.91. The fourth-order valence-corrected chi connectivity index (χ4v) is 8.91. The zero-order chi connectivity index (χ0) is 29.4. The molecule has 0 spiro atoms. The topological polar surface area (TPSA) is 44.1 Å². The number of hydrogen-bond acceptors (Lipinski definition) is 3. The minimum atomic E-state index is -0.319. The highest BCUT2D eigenvalue weighted by Crippen LogP contribution is 2.61. The summed E-state index contributed by atoms with van der Waals surface area (Å²) in [5.74, 6) is 3.56. The van der Waals surface area contributed by atoms with Crippen LogP contribution in [0.15, 0.2) is 78.9 Å². The van der Waals surface area contributed by atoms with Gasteiger partial charge in [0, 0.05) is 17.8 Å². The molecule has 0 aliphatic heterocycles. The fraction of sp³-hybridized carbons (Fsp3) is 0.385. The van der Waals surface area contributed by atoms with Crippen LogP contribution in [0.5, 0.6) is 0 Å². The van der Waals surface area contributed by atoms with Gasteiger partial charge in [-0.3, -0.25) is 0 Å². The van der Waals surface area contributed by atoms with Crippen molar-refractivity contribution in [2.45, 2.75) is 64.8 Å². The van der Waals surface area contributed by atoms with Crippen LogP contribution in [0, 0.1) is 30.1 Å². The Bertz CT molecular complexity index is 1610. The van der Waals surface area contributed by atoms with E-state index in [1.165, 1.54) is 74.4 Å². The molecule has 0 amide bonds. The summed E-state index contributed by atoms with van der Waals surface area (Å²) in [6, 6.07) is 27.0. The summed E-state index contributed by atoms with van der Waals surface area (Å²) in [6.07, 6.45) is 15.2. The first-order valence-electron chi connectivity index (χ1n) is 16.0. The van der Waals surface area contributed by atoms with Gasteiger partial charge in [0.2, 0.25) is 0 Å². The second kappa shape index (κ2) is 11.6.